The van der Waals surface area contributed by atoms with Gasteiger partial charge in [0.05, 0.1) is 0 Å². The lowest BCUT2D eigenvalue weighted by molar-refractivity contribution is -0.0979. The number of halogens is 1. The maximum atomic E-state index is 10.1. The number of hydrogen-bond donors (Lipinski definition) is 1. The lowest BCUT2D eigenvalue weighted by atomic mass is 9.70. The maximum Gasteiger partial charge on any atom is 0.119 e. The van der Waals surface area contributed by atoms with Crippen LogP contribution in [0.5, 0.6) is 5.75 Å². The Bertz CT molecular complexity index is 499. The van der Waals surface area contributed by atoms with Crippen molar-refractivity contribution in [3.05, 3.63) is 41.5 Å². The van der Waals surface area contributed by atoms with Gasteiger partial charge in [0.2, 0.25) is 0 Å². The largest absolute Gasteiger partial charge is 0.508 e. The summed E-state index contributed by atoms with van der Waals surface area (Å²) in [4.78, 5) is 8.00. The first-order chi connectivity index (χ1) is 10.1. The quantitative estimate of drug-likeness (QED) is 0.546. The topological polar surface area (TPSA) is 37.3 Å². The average molecular weight is 369 g/mol. The highest BCUT2D eigenvalue weighted by molar-refractivity contribution is 9.08. The van der Waals surface area contributed by atoms with Crippen molar-refractivity contribution in [3.63, 3.8) is 0 Å². The molecule has 0 radical (unpaired) electrons. The van der Waals surface area contributed by atoms with Gasteiger partial charge in [-0.2, -0.15) is 0 Å². The van der Waals surface area contributed by atoms with E-state index < -0.39 is 0 Å². The Labute approximate surface area is 143 Å². The summed E-state index contributed by atoms with van der Waals surface area (Å²) in [7, 11) is 0. The molecular formula is C19H29BrO2. The molecule has 124 valence electrons. The molecule has 0 atom stereocenters. The zero-order valence-corrected chi connectivity index (χ0v) is 16.1. The third-order valence-corrected chi connectivity index (χ3v) is 4.15. The lowest BCUT2D eigenvalue weighted by Crippen LogP contribution is -2.26. The summed E-state index contributed by atoms with van der Waals surface area (Å²) in [5.74, 6) is 0.370. The van der Waals surface area contributed by atoms with E-state index in [2.05, 4.69) is 63.2 Å². The molecule has 0 aliphatic rings. The van der Waals surface area contributed by atoms with Crippen molar-refractivity contribution in [1.29, 1.82) is 0 Å². The summed E-state index contributed by atoms with van der Waals surface area (Å²) in [6, 6.07) is 3.90. The SMILES string of the molecule is C=CCc1c(O)ccc(C(C)(C)CC(C)(C)C)c1CBr.C=O. The lowest BCUT2D eigenvalue weighted by Gasteiger charge is -2.35. The molecular weight excluding hydrogens is 340 g/mol. The molecule has 0 amide bonds. The van der Waals surface area contributed by atoms with Crippen LogP contribution in [0, 0.1) is 5.41 Å². The van der Waals surface area contributed by atoms with Crippen LogP contribution in [0.15, 0.2) is 24.8 Å². The molecule has 0 spiro atoms. The van der Waals surface area contributed by atoms with Crippen molar-refractivity contribution >= 4 is 22.7 Å². The molecule has 0 unspecified atom stereocenters. The third-order valence-electron chi connectivity index (χ3n) is 3.59. The first kappa shape index (κ1) is 20.9. The minimum Gasteiger partial charge on any atom is -0.508 e. The Morgan fingerprint density at radius 1 is 1.14 bits per heavy atom. The Morgan fingerprint density at radius 2 is 1.68 bits per heavy atom. The van der Waals surface area contributed by atoms with Crippen LogP contribution in [0.1, 0.15) is 57.7 Å². The van der Waals surface area contributed by atoms with Crippen LogP contribution < -0.4 is 0 Å². The second-order valence-electron chi connectivity index (χ2n) is 7.34. The van der Waals surface area contributed by atoms with Crippen LogP contribution >= 0.6 is 15.9 Å². The van der Waals surface area contributed by atoms with Crippen LogP contribution in [0.25, 0.3) is 0 Å². The van der Waals surface area contributed by atoms with E-state index in [0.29, 0.717) is 12.2 Å². The smallest absolute Gasteiger partial charge is 0.119 e. The molecule has 0 saturated heterocycles. The van der Waals surface area contributed by atoms with E-state index in [1.165, 1.54) is 11.1 Å². The predicted molar refractivity (Wildman–Crippen MR) is 98.9 cm³/mol. The number of carbonyl (C=O) groups excluding carboxylic acids is 1. The van der Waals surface area contributed by atoms with Crippen molar-refractivity contribution < 1.29 is 9.90 Å². The fourth-order valence-corrected chi connectivity index (χ4v) is 3.90. The number of alkyl halides is 1. The van der Waals surface area contributed by atoms with Gasteiger partial charge < -0.3 is 9.90 Å². The summed E-state index contributed by atoms with van der Waals surface area (Å²) in [5, 5.41) is 10.9. The van der Waals surface area contributed by atoms with Gasteiger partial charge >= 0.3 is 0 Å². The van der Waals surface area contributed by atoms with E-state index >= 15 is 0 Å². The average Bonchev–Trinajstić information content (AvgIpc) is 2.40. The number of phenols is 1. The molecule has 2 nitrogen and oxygen atoms in total. The zero-order valence-electron chi connectivity index (χ0n) is 14.5. The van der Waals surface area contributed by atoms with Gasteiger partial charge in [-0.05, 0) is 40.9 Å². The van der Waals surface area contributed by atoms with Crippen molar-refractivity contribution in [1.82, 2.24) is 0 Å². The van der Waals surface area contributed by atoms with E-state index in [1.54, 1.807) is 0 Å². The number of allylic oxidation sites excluding steroid dienone is 1. The molecule has 0 aliphatic carbocycles. The highest BCUT2D eigenvalue weighted by Gasteiger charge is 2.30. The van der Waals surface area contributed by atoms with Gasteiger partial charge in [-0.3, -0.25) is 0 Å². The molecule has 1 rings (SSSR count). The molecule has 22 heavy (non-hydrogen) atoms. The normalized spacial score (nSPS) is 11.5. The van der Waals surface area contributed by atoms with Gasteiger partial charge in [0.15, 0.2) is 0 Å². The Kier molecular flexibility index (Phi) is 8.10. The number of hydrogen-bond acceptors (Lipinski definition) is 2. The second kappa shape index (κ2) is 8.52. The van der Waals surface area contributed by atoms with Gasteiger partial charge in [-0.1, -0.05) is 62.7 Å². The molecule has 1 N–H and O–H groups in total. The molecule has 1 aromatic rings. The molecule has 0 fully saturated rings. The molecule has 0 saturated carbocycles. The molecule has 0 heterocycles. The first-order valence-corrected chi connectivity index (χ1v) is 8.54. The molecule has 0 aromatic heterocycles. The van der Waals surface area contributed by atoms with Crippen molar-refractivity contribution in [2.24, 2.45) is 5.41 Å². The molecule has 3 heteroatoms. The first-order valence-electron chi connectivity index (χ1n) is 7.42. The van der Waals surface area contributed by atoms with Crippen molar-refractivity contribution in [2.45, 2.75) is 58.2 Å². The molecule has 0 bridgehead atoms. The fraction of sp³-hybridized carbons (Fsp3) is 0.526. The van der Waals surface area contributed by atoms with E-state index in [1.807, 2.05) is 18.9 Å². The number of rotatable bonds is 5. The third kappa shape index (κ3) is 5.60. The molecule has 1 aromatic carbocycles. The van der Waals surface area contributed by atoms with Crippen molar-refractivity contribution in [2.75, 3.05) is 0 Å². The van der Waals surface area contributed by atoms with Crippen LogP contribution in [0.2, 0.25) is 0 Å². The van der Waals surface area contributed by atoms with E-state index in [9.17, 15) is 5.11 Å². The van der Waals surface area contributed by atoms with Gasteiger partial charge in [-0.25, -0.2) is 0 Å². The van der Waals surface area contributed by atoms with Crippen molar-refractivity contribution in [3.8, 4) is 5.75 Å². The summed E-state index contributed by atoms with van der Waals surface area (Å²) < 4.78 is 0. The van der Waals surface area contributed by atoms with Gasteiger partial charge in [0, 0.05) is 10.9 Å². The number of phenolic OH excluding ortho intramolecular Hbond substituents is 1. The fourth-order valence-electron chi connectivity index (χ4n) is 3.26. The van der Waals surface area contributed by atoms with E-state index in [-0.39, 0.29) is 10.8 Å². The molecule has 0 aliphatic heterocycles. The highest BCUT2D eigenvalue weighted by Crippen LogP contribution is 2.40. The van der Waals surface area contributed by atoms with E-state index in [4.69, 9.17) is 4.79 Å². The van der Waals surface area contributed by atoms with Gasteiger partial charge in [-0.15, -0.1) is 6.58 Å². The van der Waals surface area contributed by atoms with Crippen LogP contribution in [-0.4, -0.2) is 11.9 Å². The second-order valence-corrected chi connectivity index (χ2v) is 7.90. The summed E-state index contributed by atoms with van der Waals surface area (Å²) in [6.45, 7) is 17.2. The minimum absolute atomic E-state index is 0.0744. The Morgan fingerprint density at radius 3 is 2.09 bits per heavy atom. The Hall–Kier alpha value is -1.09. The standard InChI is InChI=1S/C18H27BrO.CH2O/c1-7-8-13-14(11-19)15(9-10-16(13)20)18(5,6)12-17(2,3)4;1-2/h7,9-10,20H,1,8,11-12H2,2-6H3;1H2. The number of benzene rings is 1. The van der Waals surface area contributed by atoms with E-state index in [0.717, 1.165) is 17.3 Å². The van der Waals surface area contributed by atoms with Crippen LogP contribution in [-0.2, 0) is 22.0 Å². The summed E-state index contributed by atoms with van der Waals surface area (Å²) >= 11 is 3.59. The summed E-state index contributed by atoms with van der Waals surface area (Å²) in [5.41, 5.74) is 3.86. The highest BCUT2D eigenvalue weighted by atomic mass is 79.9. The number of carbonyl (C=O) groups is 1. The maximum absolute atomic E-state index is 10.1. The van der Waals surface area contributed by atoms with Gasteiger partial charge in [0.25, 0.3) is 0 Å². The monoisotopic (exact) mass is 368 g/mol. The summed E-state index contributed by atoms with van der Waals surface area (Å²) in [6.07, 6.45) is 3.65. The minimum atomic E-state index is 0.0744. The zero-order chi connectivity index (χ0) is 17.6. The number of aromatic hydroxyl groups is 1. The van der Waals surface area contributed by atoms with Crippen LogP contribution in [0.3, 0.4) is 0 Å². The predicted octanol–water partition coefficient (Wildman–Crippen LogP) is 5.54. The van der Waals surface area contributed by atoms with Crippen LogP contribution in [0.4, 0.5) is 0 Å². The Balaban J connectivity index is 0.00000211. The van der Waals surface area contributed by atoms with Gasteiger partial charge in [0.1, 0.15) is 12.5 Å².